The van der Waals surface area contributed by atoms with Crippen LogP contribution in [0.5, 0.6) is 0 Å². The predicted octanol–water partition coefficient (Wildman–Crippen LogP) is 6.88. The summed E-state index contributed by atoms with van der Waals surface area (Å²) in [5, 5.41) is 3.82. The summed E-state index contributed by atoms with van der Waals surface area (Å²) in [6.45, 7) is 6.93. The van der Waals surface area contributed by atoms with E-state index < -0.39 is 40.8 Å². The first-order chi connectivity index (χ1) is 18.3. The molecular formula is C30H29Cl2FN2O4. The van der Waals surface area contributed by atoms with E-state index in [0.29, 0.717) is 33.2 Å². The number of hydrogen-bond donors (Lipinski definition) is 1. The van der Waals surface area contributed by atoms with Crippen molar-refractivity contribution < 1.29 is 23.5 Å². The van der Waals surface area contributed by atoms with Crippen molar-refractivity contribution in [3.8, 4) is 0 Å². The summed E-state index contributed by atoms with van der Waals surface area (Å²) in [5.74, 6) is -2.27. The third-order valence-corrected chi connectivity index (χ3v) is 8.15. The van der Waals surface area contributed by atoms with Gasteiger partial charge in [-0.15, -0.1) is 0 Å². The summed E-state index contributed by atoms with van der Waals surface area (Å²) < 4.78 is 20.3. The van der Waals surface area contributed by atoms with Crippen LogP contribution in [0.2, 0.25) is 5.02 Å². The van der Waals surface area contributed by atoms with Gasteiger partial charge in [-0.3, -0.25) is 9.59 Å². The first-order valence-electron chi connectivity index (χ1n) is 12.8. The van der Waals surface area contributed by atoms with Crippen molar-refractivity contribution in [1.82, 2.24) is 5.32 Å². The first-order valence-corrected chi connectivity index (χ1v) is 13.6. The number of nitrogens with zero attached hydrogens (tertiary/aromatic N) is 1. The van der Waals surface area contributed by atoms with Crippen LogP contribution in [0.25, 0.3) is 0 Å². The molecule has 5 rings (SSSR count). The molecule has 0 bridgehead atoms. The van der Waals surface area contributed by atoms with Crippen LogP contribution in [0.15, 0.2) is 59.7 Å². The largest absolute Gasteiger partial charge is 0.443 e. The maximum absolute atomic E-state index is 14.9. The molecule has 1 aliphatic carbocycles. The molecule has 204 valence electrons. The molecule has 1 unspecified atom stereocenters. The Hall–Kier alpha value is -3.16. The van der Waals surface area contributed by atoms with Gasteiger partial charge < -0.3 is 10.1 Å². The number of rotatable bonds is 2. The highest BCUT2D eigenvalue weighted by molar-refractivity contribution is 6.32. The van der Waals surface area contributed by atoms with E-state index in [1.807, 2.05) is 12.2 Å². The Morgan fingerprint density at radius 2 is 1.90 bits per heavy atom. The van der Waals surface area contributed by atoms with E-state index in [9.17, 15) is 18.8 Å². The highest BCUT2D eigenvalue weighted by Crippen LogP contribution is 2.59. The van der Waals surface area contributed by atoms with E-state index in [-0.39, 0.29) is 23.9 Å². The fourth-order valence-electron chi connectivity index (χ4n) is 6.16. The highest BCUT2D eigenvalue weighted by atomic mass is 35.5. The molecule has 39 heavy (non-hydrogen) atoms. The number of nitrogens with one attached hydrogen (secondary N) is 1. The minimum Gasteiger partial charge on any atom is -0.443 e. The lowest BCUT2D eigenvalue weighted by Crippen LogP contribution is -2.61. The van der Waals surface area contributed by atoms with E-state index in [1.165, 1.54) is 12.1 Å². The van der Waals surface area contributed by atoms with Gasteiger partial charge in [0.05, 0.1) is 11.7 Å². The molecule has 2 aliphatic heterocycles. The SMILES string of the molecule is Cc1ccc(F)cc1[C@H]1NC(=O)C[C@@H](C2C=C(Cl)C=CC2)[C@]12C(=O)N(C(=O)OC(C)(C)C)c1cc(Cl)ccc12. The smallest absolute Gasteiger partial charge is 0.421 e. The summed E-state index contributed by atoms with van der Waals surface area (Å²) in [6, 6.07) is 8.24. The van der Waals surface area contributed by atoms with E-state index in [2.05, 4.69) is 5.32 Å². The quantitative estimate of drug-likeness (QED) is 0.426. The number of anilines is 1. The average Bonchev–Trinajstić information content (AvgIpc) is 3.08. The van der Waals surface area contributed by atoms with Crippen molar-refractivity contribution in [2.75, 3.05) is 4.90 Å². The Kier molecular flexibility index (Phi) is 6.88. The lowest BCUT2D eigenvalue weighted by Gasteiger charge is -2.49. The van der Waals surface area contributed by atoms with Crippen LogP contribution in [0.3, 0.4) is 0 Å². The molecule has 1 saturated heterocycles. The van der Waals surface area contributed by atoms with Gasteiger partial charge in [-0.2, -0.15) is 0 Å². The van der Waals surface area contributed by atoms with E-state index in [0.717, 1.165) is 4.90 Å². The van der Waals surface area contributed by atoms with E-state index >= 15 is 0 Å². The summed E-state index contributed by atoms with van der Waals surface area (Å²) in [7, 11) is 0. The zero-order valence-corrected chi connectivity index (χ0v) is 23.6. The van der Waals surface area contributed by atoms with Crippen molar-refractivity contribution in [2.45, 2.75) is 57.6 Å². The van der Waals surface area contributed by atoms with Crippen molar-refractivity contribution in [3.63, 3.8) is 0 Å². The van der Waals surface area contributed by atoms with Gasteiger partial charge in [0.2, 0.25) is 11.8 Å². The van der Waals surface area contributed by atoms with Gasteiger partial charge in [0.15, 0.2) is 0 Å². The topological polar surface area (TPSA) is 75.7 Å². The molecule has 3 amide bonds. The lowest BCUT2D eigenvalue weighted by molar-refractivity contribution is -0.136. The molecule has 1 fully saturated rings. The molecule has 0 saturated carbocycles. The number of ether oxygens (including phenoxy) is 1. The monoisotopic (exact) mass is 570 g/mol. The summed E-state index contributed by atoms with van der Waals surface area (Å²) in [6.07, 6.45) is 5.21. The van der Waals surface area contributed by atoms with Gasteiger partial charge in [-0.25, -0.2) is 14.1 Å². The summed E-state index contributed by atoms with van der Waals surface area (Å²) in [4.78, 5) is 42.7. The molecular weight excluding hydrogens is 542 g/mol. The number of halogens is 3. The molecule has 0 radical (unpaired) electrons. The van der Waals surface area contributed by atoms with Gasteiger partial charge >= 0.3 is 6.09 Å². The summed E-state index contributed by atoms with van der Waals surface area (Å²) in [5.41, 5.74) is -0.418. The van der Waals surface area contributed by atoms with Crippen LogP contribution in [0.4, 0.5) is 14.9 Å². The molecule has 3 aliphatic rings. The minimum absolute atomic E-state index is 0.00000374. The van der Waals surface area contributed by atoms with E-state index in [4.69, 9.17) is 27.9 Å². The number of piperidine rings is 1. The number of carbonyl (C=O) groups is 3. The number of allylic oxidation sites excluding steroid dienone is 4. The van der Waals surface area contributed by atoms with Crippen LogP contribution in [0.1, 0.15) is 56.3 Å². The third-order valence-electron chi connectivity index (χ3n) is 7.66. The maximum Gasteiger partial charge on any atom is 0.421 e. The molecule has 6 nitrogen and oxygen atoms in total. The Labute approximate surface area is 236 Å². The fraction of sp³-hybridized carbons (Fsp3) is 0.367. The van der Waals surface area contributed by atoms with Crippen LogP contribution in [-0.2, 0) is 19.7 Å². The van der Waals surface area contributed by atoms with Crippen LogP contribution in [-0.4, -0.2) is 23.5 Å². The number of carbonyl (C=O) groups excluding carboxylic acids is 3. The number of fused-ring (bicyclic) bond motifs is 2. The van der Waals surface area contributed by atoms with Crippen molar-refractivity contribution in [3.05, 3.63) is 87.2 Å². The summed E-state index contributed by atoms with van der Waals surface area (Å²) >= 11 is 12.8. The van der Waals surface area contributed by atoms with E-state index in [1.54, 1.807) is 58.0 Å². The Morgan fingerprint density at radius 3 is 2.59 bits per heavy atom. The predicted molar refractivity (Wildman–Crippen MR) is 148 cm³/mol. The van der Waals surface area contributed by atoms with Crippen LogP contribution in [0, 0.1) is 24.6 Å². The molecule has 9 heteroatoms. The average molecular weight is 571 g/mol. The second-order valence-corrected chi connectivity index (χ2v) is 12.2. The number of hydrogen-bond acceptors (Lipinski definition) is 4. The van der Waals surface area contributed by atoms with Gasteiger partial charge in [0.1, 0.15) is 16.8 Å². The normalized spacial score (nSPS) is 26.4. The number of imide groups is 1. The molecule has 4 atom stereocenters. The lowest BCUT2D eigenvalue weighted by atomic mass is 9.56. The van der Waals surface area contributed by atoms with Gasteiger partial charge in [-0.05, 0) is 93.0 Å². The van der Waals surface area contributed by atoms with Crippen molar-refractivity contribution >= 4 is 46.8 Å². The first kappa shape index (κ1) is 27.4. The molecule has 1 spiro atoms. The molecule has 2 heterocycles. The standard InChI is InChI=1S/C30H29Cl2FN2O4/c1-16-8-10-20(33)14-21(16)26-30(23(15-25(36)34-26)17-6-5-7-18(31)12-17)22-11-9-19(32)13-24(22)35(27(30)37)28(38)39-29(2,3)4/h5,7-14,17,23,26H,6,15H2,1-4H3,(H,34,36)/t17?,23-,26+,30-/m0/s1. The van der Waals surface area contributed by atoms with Crippen molar-refractivity contribution in [1.29, 1.82) is 0 Å². The number of amides is 3. The second-order valence-electron chi connectivity index (χ2n) is 11.3. The molecule has 1 N–H and O–H groups in total. The second kappa shape index (κ2) is 9.79. The fourth-order valence-corrected chi connectivity index (χ4v) is 6.58. The Morgan fingerprint density at radius 1 is 1.15 bits per heavy atom. The van der Waals surface area contributed by atoms with Crippen LogP contribution >= 0.6 is 23.2 Å². The number of aryl methyl sites for hydroxylation is 1. The van der Waals surface area contributed by atoms with Crippen LogP contribution < -0.4 is 10.2 Å². The van der Waals surface area contributed by atoms with Gasteiger partial charge in [0.25, 0.3) is 0 Å². The Balaban J connectivity index is 1.81. The van der Waals surface area contributed by atoms with Crippen molar-refractivity contribution in [2.24, 2.45) is 11.8 Å². The van der Waals surface area contributed by atoms with Gasteiger partial charge in [0, 0.05) is 16.5 Å². The Bertz CT molecular complexity index is 1450. The third kappa shape index (κ3) is 4.66. The zero-order valence-electron chi connectivity index (χ0n) is 22.1. The number of benzene rings is 2. The molecule has 0 aromatic heterocycles. The van der Waals surface area contributed by atoms with Gasteiger partial charge in [-0.1, -0.05) is 47.5 Å². The minimum atomic E-state index is -1.48. The maximum atomic E-state index is 14.9. The highest BCUT2D eigenvalue weighted by Gasteiger charge is 2.65. The molecule has 2 aromatic carbocycles. The molecule has 2 aromatic rings. The zero-order chi connectivity index (χ0) is 28.3.